The number of hydroxylamine groups is 1. The molecule has 2 rings (SSSR count). The second-order valence-electron chi connectivity index (χ2n) is 3.99. The molecule has 114 valence electrons. The Hall–Kier alpha value is -2.11. The number of benzene rings is 1. The summed E-state index contributed by atoms with van der Waals surface area (Å²) in [4.78, 5) is 25.3. The zero-order valence-corrected chi connectivity index (χ0v) is 10.9. The normalized spacial score (nSPS) is 18.6. The van der Waals surface area contributed by atoms with E-state index in [-0.39, 0.29) is 6.61 Å². The molecule has 1 aromatic rings. The van der Waals surface area contributed by atoms with Crippen LogP contribution >= 0.6 is 0 Å². The number of carboxylic acid groups (broad SMARTS) is 1. The number of carbonyl (C=O) groups is 2. The minimum atomic E-state index is -4.58. The van der Waals surface area contributed by atoms with Gasteiger partial charge in [0.05, 0.1) is 0 Å². The van der Waals surface area contributed by atoms with Crippen molar-refractivity contribution < 1.29 is 36.7 Å². The zero-order valence-electron chi connectivity index (χ0n) is 10.1. The van der Waals surface area contributed by atoms with Gasteiger partial charge in [-0.3, -0.25) is 9.63 Å². The van der Waals surface area contributed by atoms with Crippen molar-refractivity contribution >= 4 is 21.9 Å². The molecule has 1 fully saturated rings. The predicted molar refractivity (Wildman–Crippen MR) is 61.5 cm³/mol. The lowest BCUT2D eigenvalue weighted by molar-refractivity contribution is -0.124. The highest BCUT2D eigenvalue weighted by molar-refractivity contribution is 7.89. The lowest BCUT2D eigenvalue weighted by atomic mass is 10.2. The van der Waals surface area contributed by atoms with Gasteiger partial charge in [0.2, 0.25) is 10.0 Å². The Morgan fingerprint density at radius 1 is 1.43 bits per heavy atom. The van der Waals surface area contributed by atoms with Crippen LogP contribution in [-0.4, -0.2) is 38.0 Å². The first-order valence-corrected chi connectivity index (χ1v) is 6.87. The van der Waals surface area contributed by atoms with Gasteiger partial charge in [0.15, 0.2) is 5.82 Å². The Morgan fingerprint density at radius 2 is 2.10 bits per heavy atom. The summed E-state index contributed by atoms with van der Waals surface area (Å²) in [6, 6.07) is -0.229. The smallest absolute Gasteiger partial charge is 0.341 e. The first-order valence-electron chi connectivity index (χ1n) is 5.39. The van der Waals surface area contributed by atoms with E-state index in [2.05, 4.69) is 4.84 Å². The van der Waals surface area contributed by atoms with Crippen molar-refractivity contribution in [3.8, 4) is 0 Å². The van der Waals surface area contributed by atoms with E-state index < -0.39 is 50.0 Å². The van der Waals surface area contributed by atoms with Crippen molar-refractivity contribution in [1.29, 1.82) is 0 Å². The van der Waals surface area contributed by atoms with Crippen LogP contribution in [0.1, 0.15) is 10.4 Å². The van der Waals surface area contributed by atoms with Crippen LogP contribution < -0.4 is 10.2 Å². The van der Waals surface area contributed by atoms with Gasteiger partial charge >= 0.3 is 5.97 Å². The molecule has 0 unspecified atom stereocenters. The van der Waals surface area contributed by atoms with Crippen molar-refractivity contribution in [3.05, 3.63) is 29.3 Å². The summed E-state index contributed by atoms with van der Waals surface area (Å²) in [5.41, 5.74) is 0.485. The van der Waals surface area contributed by atoms with Gasteiger partial charge in [-0.25, -0.2) is 27.5 Å². The molecule has 0 aliphatic carbocycles. The van der Waals surface area contributed by atoms with Crippen LogP contribution in [0.25, 0.3) is 0 Å². The molecule has 1 aliphatic heterocycles. The summed E-state index contributed by atoms with van der Waals surface area (Å²) in [6.45, 7) is -0.327. The number of rotatable bonds is 4. The molecule has 3 N–H and O–H groups in total. The number of carbonyl (C=O) groups excluding carboxylic acids is 1. The van der Waals surface area contributed by atoms with Crippen molar-refractivity contribution in [2.75, 3.05) is 6.61 Å². The summed E-state index contributed by atoms with van der Waals surface area (Å²) in [5.74, 6) is -5.92. The monoisotopic (exact) mass is 322 g/mol. The largest absolute Gasteiger partial charge is 0.477 e. The first kappa shape index (κ1) is 15.3. The molecule has 1 aromatic carbocycles. The number of carboxylic acids is 1. The fraction of sp³-hybridized carbons (Fsp3) is 0.200. The molecule has 0 aromatic heterocycles. The van der Waals surface area contributed by atoms with Crippen LogP contribution in [0.2, 0.25) is 0 Å². The fourth-order valence-electron chi connectivity index (χ4n) is 1.62. The number of amides is 1. The second kappa shape index (κ2) is 5.35. The standard InChI is InChI=1S/C10H8F2N2O6S/c11-4-1-2-6(8(12)7(4)10(16)17)21(18,19)14-5-3-20-13-9(5)15/h1-2,5,14H,3H2,(H,13,15)(H,16,17)/t5-/m1/s1. The summed E-state index contributed by atoms with van der Waals surface area (Å²) in [5, 5.41) is 8.68. The number of hydrogen-bond acceptors (Lipinski definition) is 5. The Bertz CT molecular complexity index is 721. The van der Waals surface area contributed by atoms with Gasteiger partial charge in [0.25, 0.3) is 5.91 Å². The summed E-state index contributed by atoms with van der Waals surface area (Å²) in [7, 11) is -4.58. The maximum Gasteiger partial charge on any atom is 0.341 e. The molecule has 0 bridgehead atoms. The molecule has 0 saturated carbocycles. The highest BCUT2D eigenvalue weighted by Crippen LogP contribution is 2.21. The highest BCUT2D eigenvalue weighted by atomic mass is 32.2. The summed E-state index contributed by atoms with van der Waals surface area (Å²) >= 11 is 0. The van der Waals surface area contributed by atoms with E-state index >= 15 is 0 Å². The van der Waals surface area contributed by atoms with Crippen LogP contribution in [0.3, 0.4) is 0 Å². The Morgan fingerprint density at radius 3 is 2.62 bits per heavy atom. The number of aromatic carboxylic acids is 1. The van der Waals surface area contributed by atoms with E-state index in [1.54, 1.807) is 0 Å². The van der Waals surface area contributed by atoms with Crippen LogP contribution in [0.4, 0.5) is 8.78 Å². The van der Waals surface area contributed by atoms with Gasteiger partial charge in [-0.1, -0.05) is 0 Å². The maximum absolute atomic E-state index is 13.9. The maximum atomic E-state index is 13.9. The van der Waals surface area contributed by atoms with Gasteiger partial charge in [0.1, 0.15) is 28.9 Å². The Balaban J connectivity index is 2.43. The first-order chi connectivity index (χ1) is 9.74. The zero-order chi connectivity index (χ0) is 15.8. The van der Waals surface area contributed by atoms with Crippen LogP contribution in [0.15, 0.2) is 17.0 Å². The Labute approximate surface area is 116 Å². The molecular formula is C10H8F2N2O6S. The van der Waals surface area contributed by atoms with Crippen molar-refractivity contribution in [2.24, 2.45) is 0 Å². The van der Waals surface area contributed by atoms with E-state index in [1.807, 2.05) is 10.2 Å². The van der Waals surface area contributed by atoms with Crippen LogP contribution in [0.5, 0.6) is 0 Å². The van der Waals surface area contributed by atoms with Crippen molar-refractivity contribution in [2.45, 2.75) is 10.9 Å². The third kappa shape index (κ3) is 2.84. The Kier molecular flexibility index (Phi) is 3.89. The lowest BCUT2D eigenvalue weighted by Crippen LogP contribution is -2.41. The lowest BCUT2D eigenvalue weighted by Gasteiger charge is -2.11. The average molecular weight is 322 g/mol. The molecule has 21 heavy (non-hydrogen) atoms. The van der Waals surface area contributed by atoms with E-state index in [9.17, 15) is 26.8 Å². The van der Waals surface area contributed by atoms with E-state index in [0.717, 1.165) is 0 Å². The average Bonchev–Trinajstić information content (AvgIpc) is 2.73. The van der Waals surface area contributed by atoms with Gasteiger partial charge < -0.3 is 5.11 Å². The number of halogens is 2. The predicted octanol–water partition coefficient (Wildman–Crippen LogP) is -0.629. The van der Waals surface area contributed by atoms with Gasteiger partial charge in [0, 0.05) is 0 Å². The number of nitrogens with one attached hydrogen (secondary N) is 2. The molecule has 1 amide bonds. The molecule has 1 aliphatic rings. The molecule has 1 atom stereocenters. The minimum Gasteiger partial charge on any atom is -0.477 e. The van der Waals surface area contributed by atoms with Gasteiger partial charge in [-0.05, 0) is 12.1 Å². The van der Waals surface area contributed by atoms with Gasteiger partial charge in [-0.2, -0.15) is 4.72 Å². The van der Waals surface area contributed by atoms with Gasteiger partial charge in [-0.15, -0.1) is 0 Å². The minimum absolute atomic E-state index is 0.327. The molecule has 0 spiro atoms. The molecule has 11 heteroatoms. The molecule has 1 saturated heterocycles. The summed E-state index contributed by atoms with van der Waals surface area (Å²) in [6.07, 6.45) is 0. The van der Waals surface area contributed by atoms with E-state index in [4.69, 9.17) is 5.11 Å². The third-order valence-corrected chi connectivity index (χ3v) is 4.08. The van der Waals surface area contributed by atoms with Crippen molar-refractivity contribution in [1.82, 2.24) is 10.2 Å². The molecule has 1 heterocycles. The SMILES string of the molecule is O=C(O)c1c(F)ccc(S(=O)(=O)N[C@@H]2CONC2=O)c1F. The fourth-order valence-corrected chi connectivity index (χ4v) is 2.88. The topological polar surface area (TPSA) is 122 Å². The number of hydrogen-bond donors (Lipinski definition) is 3. The molecule has 8 nitrogen and oxygen atoms in total. The van der Waals surface area contributed by atoms with Crippen LogP contribution in [-0.2, 0) is 19.7 Å². The van der Waals surface area contributed by atoms with Crippen LogP contribution in [0, 0.1) is 11.6 Å². The van der Waals surface area contributed by atoms with E-state index in [0.29, 0.717) is 12.1 Å². The summed E-state index contributed by atoms with van der Waals surface area (Å²) < 4.78 is 52.8. The molecule has 0 radical (unpaired) electrons. The third-order valence-electron chi connectivity index (χ3n) is 2.60. The molecular weight excluding hydrogens is 314 g/mol. The number of sulfonamides is 1. The second-order valence-corrected chi connectivity index (χ2v) is 5.67. The van der Waals surface area contributed by atoms with E-state index in [1.165, 1.54) is 0 Å². The van der Waals surface area contributed by atoms with Crippen molar-refractivity contribution in [3.63, 3.8) is 0 Å². The quantitative estimate of drug-likeness (QED) is 0.678. The highest BCUT2D eigenvalue weighted by Gasteiger charge is 2.33.